The number of methoxy groups -OCH3 is 1. The zero-order valence-electron chi connectivity index (χ0n) is 14.4. The van der Waals surface area contributed by atoms with Gasteiger partial charge in [-0.2, -0.15) is 0 Å². The fourth-order valence-corrected chi connectivity index (χ4v) is 2.10. The minimum atomic E-state index is -0.125. The molecule has 0 bridgehead atoms. The van der Waals surface area contributed by atoms with E-state index in [1.54, 1.807) is 25.3 Å². The summed E-state index contributed by atoms with van der Waals surface area (Å²) < 4.78 is 10.8. The van der Waals surface area contributed by atoms with Gasteiger partial charge in [-0.25, -0.2) is 0 Å². The lowest BCUT2D eigenvalue weighted by atomic mass is 10.2. The van der Waals surface area contributed by atoms with Gasteiger partial charge in [0.2, 0.25) is 0 Å². The fraction of sp³-hybridized carbons (Fsp3) is 0.316. The van der Waals surface area contributed by atoms with Crippen LogP contribution in [0.5, 0.6) is 11.5 Å². The number of carbonyl (C=O) groups excluding carboxylic acids is 1. The largest absolute Gasteiger partial charge is 0.497 e. The summed E-state index contributed by atoms with van der Waals surface area (Å²) in [6.07, 6.45) is 0. The Bertz CT molecular complexity index is 654. The summed E-state index contributed by atoms with van der Waals surface area (Å²) in [5, 5.41) is 2.90. The van der Waals surface area contributed by atoms with Crippen LogP contribution < -0.4 is 14.8 Å². The van der Waals surface area contributed by atoms with E-state index in [1.807, 2.05) is 44.4 Å². The number of likely N-dealkylation sites (N-methyl/N-ethyl adjacent to an activating group) is 1. The first-order valence-electron chi connectivity index (χ1n) is 7.87. The van der Waals surface area contributed by atoms with Crippen molar-refractivity contribution in [3.05, 3.63) is 59.7 Å². The molecule has 0 unspecified atom stereocenters. The molecule has 0 saturated heterocycles. The Balaban J connectivity index is 1.84. The zero-order valence-corrected chi connectivity index (χ0v) is 14.4. The molecular formula is C19H24N2O3. The Labute approximate surface area is 143 Å². The first-order chi connectivity index (χ1) is 11.6. The molecule has 0 aliphatic rings. The third-order valence-corrected chi connectivity index (χ3v) is 3.52. The van der Waals surface area contributed by atoms with Crippen LogP contribution in [0, 0.1) is 0 Å². The summed E-state index contributed by atoms with van der Waals surface area (Å²) >= 11 is 0. The summed E-state index contributed by atoms with van der Waals surface area (Å²) in [6.45, 7) is 1.99. The van der Waals surface area contributed by atoms with E-state index < -0.39 is 0 Å². The van der Waals surface area contributed by atoms with Crippen molar-refractivity contribution in [3.63, 3.8) is 0 Å². The Hall–Kier alpha value is -2.53. The molecule has 0 heterocycles. The molecule has 0 saturated carbocycles. The SMILES string of the molecule is COc1cccc(C(=O)NCc2ccc(OCCN(C)C)cc2)c1. The monoisotopic (exact) mass is 328 g/mol. The van der Waals surface area contributed by atoms with Gasteiger partial charge in [-0.1, -0.05) is 18.2 Å². The van der Waals surface area contributed by atoms with Crippen molar-refractivity contribution in [3.8, 4) is 11.5 Å². The van der Waals surface area contributed by atoms with E-state index in [9.17, 15) is 4.79 Å². The van der Waals surface area contributed by atoms with E-state index in [-0.39, 0.29) is 5.91 Å². The number of benzene rings is 2. The highest BCUT2D eigenvalue weighted by atomic mass is 16.5. The van der Waals surface area contributed by atoms with Gasteiger partial charge in [0.05, 0.1) is 7.11 Å². The van der Waals surface area contributed by atoms with E-state index in [2.05, 4.69) is 10.2 Å². The number of hydrogen-bond donors (Lipinski definition) is 1. The second-order valence-electron chi connectivity index (χ2n) is 5.71. The number of ether oxygens (including phenoxy) is 2. The molecule has 1 N–H and O–H groups in total. The summed E-state index contributed by atoms with van der Waals surface area (Å²) in [6, 6.07) is 14.8. The third kappa shape index (κ3) is 5.59. The van der Waals surface area contributed by atoms with Gasteiger partial charge in [-0.15, -0.1) is 0 Å². The Morgan fingerprint density at radius 1 is 1.08 bits per heavy atom. The highest BCUT2D eigenvalue weighted by molar-refractivity contribution is 5.94. The van der Waals surface area contributed by atoms with Crippen molar-refractivity contribution < 1.29 is 14.3 Å². The molecule has 0 spiro atoms. The topological polar surface area (TPSA) is 50.8 Å². The van der Waals surface area contributed by atoms with Crippen molar-refractivity contribution >= 4 is 5.91 Å². The van der Waals surface area contributed by atoms with Gasteiger partial charge in [0, 0.05) is 18.7 Å². The molecule has 0 aromatic heterocycles. The molecule has 0 atom stereocenters. The van der Waals surface area contributed by atoms with Gasteiger partial charge in [0.25, 0.3) is 5.91 Å². The van der Waals surface area contributed by atoms with Crippen LogP contribution in [0.15, 0.2) is 48.5 Å². The van der Waals surface area contributed by atoms with Crippen molar-refractivity contribution in [2.45, 2.75) is 6.54 Å². The number of carbonyl (C=O) groups is 1. The van der Waals surface area contributed by atoms with E-state index >= 15 is 0 Å². The van der Waals surface area contributed by atoms with Crippen LogP contribution in [0.2, 0.25) is 0 Å². The minimum absolute atomic E-state index is 0.125. The average molecular weight is 328 g/mol. The Kier molecular flexibility index (Phi) is 6.63. The maximum Gasteiger partial charge on any atom is 0.251 e. The van der Waals surface area contributed by atoms with E-state index in [0.29, 0.717) is 24.5 Å². The maximum atomic E-state index is 12.2. The number of rotatable bonds is 8. The number of hydrogen-bond acceptors (Lipinski definition) is 4. The molecule has 0 aliphatic heterocycles. The van der Waals surface area contributed by atoms with E-state index in [0.717, 1.165) is 17.9 Å². The molecule has 0 fully saturated rings. The van der Waals surface area contributed by atoms with Crippen molar-refractivity contribution in [2.24, 2.45) is 0 Å². The van der Waals surface area contributed by atoms with Gasteiger partial charge in [0.1, 0.15) is 18.1 Å². The highest BCUT2D eigenvalue weighted by Crippen LogP contribution is 2.14. The molecule has 2 aromatic rings. The van der Waals surface area contributed by atoms with E-state index in [1.165, 1.54) is 0 Å². The average Bonchev–Trinajstić information content (AvgIpc) is 2.60. The summed E-state index contributed by atoms with van der Waals surface area (Å²) in [4.78, 5) is 14.2. The van der Waals surface area contributed by atoms with Crippen LogP contribution in [0.1, 0.15) is 15.9 Å². The van der Waals surface area contributed by atoms with Crippen LogP contribution in [-0.4, -0.2) is 45.2 Å². The lowest BCUT2D eigenvalue weighted by Crippen LogP contribution is -2.22. The van der Waals surface area contributed by atoms with Gasteiger partial charge in [0.15, 0.2) is 0 Å². The summed E-state index contributed by atoms with van der Waals surface area (Å²) in [7, 11) is 5.61. The normalized spacial score (nSPS) is 10.5. The minimum Gasteiger partial charge on any atom is -0.497 e. The van der Waals surface area contributed by atoms with Crippen LogP contribution in [0.3, 0.4) is 0 Å². The van der Waals surface area contributed by atoms with E-state index in [4.69, 9.17) is 9.47 Å². The zero-order chi connectivity index (χ0) is 17.4. The second kappa shape index (κ2) is 8.93. The highest BCUT2D eigenvalue weighted by Gasteiger charge is 2.06. The first-order valence-corrected chi connectivity index (χ1v) is 7.87. The van der Waals surface area contributed by atoms with Crippen molar-refractivity contribution in [2.75, 3.05) is 34.4 Å². The Morgan fingerprint density at radius 3 is 2.50 bits per heavy atom. The predicted octanol–water partition coefficient (Wildman–Crippen LogP) is 2.57. The third-order valence-electron chi connectivity index (χ3n) is 3.52. The predicted molar refractivity (Wildman–Crippen MR) is 94.7 cm³/mol. The van der Waals surface area contributed by atoms with Crippen LogP contribution in [0.25, 0.3) is 0 Å². The Morgan fingerprint density at radius 2 is 1.83 bits per heavy atom. The molecule has 128 valence electrons. The lowest BCUT2D eigenvalue weighted by Gasteiger charge is -2.11. The quantitative estimate of drug-likeness (QED) is 0.809. The number of nitrogens with one attached hydrogen (secondary N) is 1. The lowest BCUT2D eigenvalue weighted by molar-refractivity contribution is 0.0950. The molecule has 2 aromatic carbocycles. The molecular weight excluding hydrogens is 304 g/mol. The van der Waals surface area contributed by atoms with Crippen LogP contribution in [0.4, 0.5) is 0 Å². The van der Waals surface area contributed by atoms with Crippen LogP contribution >= 0.6 is 0 Å². The van der Waals surface area contributed by atoms with Crippen molar-refractivity contribution in [1.82, 2.24) is 10.2 Å². The fourth-order valence-electron chi connectivity index (χ4n) is 2.10. The second-order valence-corrected chi connectivity index (χ2v) is 5.71. The molecule has 0 aliphatic carbocycles. The molecule has 0 radical (unpaired) electrons. The van der Waals surface area contributed by atoms with Gasteiger partial charge in [-0.3, -0.25) is 4.79 Å². The molecule has 2 rings (SSSR count). The van der Waals surface area contributed by atoms with Crippen molar-refractivity contribution in [1.29, 1.82) is 0 Å². The number of amides is 1. The molecule has 24 heavy (non-hydrogen) atoms. The maximum absolute atomic E-state index is 12.2. The molecule has 5 nitrogen and oxygen atoms in total. The smallest absolute Gasteiger partial charge is 0.251 e. The standard InChI is InChI=1S/C19H24N2O3/c1-21(2)11-12-24-17-9-7-15(8-10-17)14-20-19(22)16-5-4-6-18(13-16)23-3/h4-10,13H,11-12,14H2,1-3H3,(H,20,22). The summed E-state index contributed by atoms with van der Waals surface area (Å²) in [5.41, 5.74) is 1.60. The number of nitrogens with zero attached hydrogens (tertiary/aromatic N) is 1. The molecule has 1 amide bonds. The first kappa shape index (κ1) is 17.8. The van der Waals surface area contributed by atoms with Gasteiger partial charge >= 0.3 is 0 Å². The van der Waals surface area contributed by atoms with Gasteiger partial charge < -0.3 is 19.7 Å². The van der Waals surface area contributed by atoms with Crippen LogP contribution in [-0.2, 0) is 6.54 Å². The van der Waals surface area contributed by atoms with Gasteiger partial charge in [-0.05, 0) is 50.0 Å². The molecule has 5 heteroatoms. The summed E-state index contributed by atoms with van der Waals surface area (Å²) in [5.74, 6) is 1.38.